The molecule has 0 bridgehead atoms. The molecule has 25 heavy (non-hydrogen) atoms. The average molecular weight is 353 g/mol. The fourth-order valence-electron chi connectivity index (χ4n) is 3.46. The lowest BCUT2D eigenvalue weighted by molar-refractivity contribution is -0.126. The number of carbonyl (C=O) groups excluding carboxylic acids is 2. The highest BCUT2D eigenvalue weighted by Gasteiger charge is 2.31. The molecule has 0 radical (unpaired) electrons. The lowest BCUT2D eigenvalue weighted by Gasteiger charge is -2.32. The highest BCUT2D eigenvalue weighted by Crippen LogP contribution is 2.21. The van der Waals surface area contributed by atoms with Gasteiger partial charge in [0.2, 0.25) is 5.91 Å². The van der Waals surface area contributed by atoms with E-state index >= 15 is 0 Å². The van der Waals surface area contributed by atoms with E-state index in [4.69, 9.17) is 0 Å². The molecule has 1 aliphatic heterocycles. The molecule has 0 aromatic carbocycles. The second-order valence-corrected chi connectivity index (χ2v) is 7.59. The molecule has 0 aromatic rings. The van der Waals surface area contributed by atoms with Crippen LogP contribution in [0.2, 0.25) is 0 Å². The molecule has 1 saturated carbocycles. The molecule has 2 N–H and O–H groups in total. The van der Waals surface area contributed by atoms with E-state index in [0.29, 0.717) is 12.6 Å². The number of urea groups is 1. The predicted molar refractivity (Wildman–Crippen MR) is 100 cm³/mol. The monoisotopic (exact) mass is 352 g/mol. The van der Waals surface area contributed by atoms with Crippen molar-refractivity contribution in [2.24, 2.45) is 5.92 Å². The Bertz CT molecular complexity index is 435. The smallest absolute Gasteiger partial charge is 0.317 e. The van der Waals surface area contributed by atoms with Crippen molar-refractivity contribution in [1.29, 1.82) is 0 Å². The number of nitrogens with one attached hydrogen (secondary N) is 2. The summed E-state index contributed by atoms with van der Waals surface area (Å²) < 4.78 is 0. The van der Waals surface area contributed by atoms with Crippen molar-refractivity contribution >= 4 is 11.9 Å². The van der Waals surface area contributed by atoms with E-state index in [2.05, 4.69) is 36.3 Å². The normalized spacial score (nSPS) is 21.9. The summed E-state index contributed by atoms with van der Waals surface area (Å²) in [6, 6.07) is 0.568. The molecule has 144 valence electrons. The van der Waals surface area contributed by atoms with Crippen LogP contribution in [0, 0.1) is 5.92 Å². The summed E-state index contributed by atoms with van der Waals surface area (Å²) >= 11 is 0. The van der Waals surface area contributed by atoms with E-state index in [1.165, 1.54) is 0 Å². The predicted octanol–water partition coefficient (Wildman–Crippen LogP) is 2.20. The summed E-state index contributed by atoms with van der Waals surface area (Å²) in [5, 5.41) is 6.18. The van der Waals surface area contributed by atoms with Gasteiger partial charge in [0.25, 0.3) is 0 Å². The lowest BCUT2D eigenvalue weighted by Crippen LogP contribution is -2.50. The van der Waals surface area contributed by atoms with Crippen LogP contribution in [0.1, 0.15) is 59.3 Å². The van der Waals surface area contributed by atoms with E-state index in [0.717, 1.165) is 64.7 Å². The molecule has 3 amide bonds. The highest BCUT2D eigenvalue weighted by atomic mass is 16.2. The second-order valence-electron chi connectivity index (χ2n) is 7.59. The molecule has 0 aromatic heterocycles. The molecule has 2 atom stereocenters. The van der Waals surface area contributed by atoms with Crippen molar-refractivity contribution in [2.45, 2.75) is 71.4 Å². The number of likely N-dealkylation sites (tertiary alicyclic amines) is 1. The van der Waals surface area contributed by atoms with Crippen LogP contribution in [0.3, 0.4) is 0 Å². The lowest BCUT2D eigenvalue weighted by atomic mass is 9.97. The van der Waals surface area contributed by atoms with E-state index in [-0.39, 0.29) is 23.9 Å². The topological polar surface area (TPSA) is 64.7 Å². The van der Waals surface area contributed by atoms with E-state index in [1.54, 1.807) is 0 Å². The molecule has 2 rings (SSSR count). The van der Waals surface area contributed by atoms with Gasteiger partial charge in [-0.2, -0.15) is 0 Å². The van der Waals surface area contributed by atoms with Gasteiger partial charge in [0, 0.05) is 25.2 Å². The van der Waals surface area contributed by atoms with E-state index in [9.17, 15) is 9.59 Å². The molecule has 2 unspecified atom stereocenters. The maximum atomic E-state index is 12.5. The Morgan fingerprint density at radius 3 is 2.56 bits per heavy atom. The number of rotatable bonds is 9. The summed E-state index contributed by atoms with van der Waals surface area (Å²) in [7, 11) is 0. The maximum Gasteiger partial charge on any atom is 0.317 e. The van der Waals surface area contributed by atoms with Crippen molar-refractivity contribution in [3.05, 3.63) is 0 Å². The van der Waals surface area contributed by atoms with Crippen molar-refractivity contribution in [3.63, 3.8) is 0 Å². The Balaban J connectivity index is 1.68. The van der Waals surface area contributed by atoms with Crippen molar-refractivity contribution < 1.29 is 9.59 Å². The van der Waals surface area contributed by atoms with Crippen molar-refractivity contribution in [1.82, 2.24) is 20.4 Å². The molecular weight excluding hydrogens is 316 g/mol. The van der Waals surface area contributed by atoms with Crippen LogP contribution in [-0.4, -0.2) is 66.5 Å². The van der Waals surface area contributed by atoms with Crippen LogP contribution >= 0.6 is 0 Å². The minimum atomic E-state index is -0.0658. The Morgan fingerprint density at radius 1 is 1.20 bits per heavy atom. The van der Waals surface area contributed by atoms with Gasteiger partial charge < -0.3 is 20.4 Å². The van der Waals surface area contributed by atoms with Gasteiger partial charge in [0.05, 0.1) is 5.92 Å². The maximum absolute atomic E-state index is 12.5. The van der Waals surface area contributed by atoms with Gasteiger partial charge in [0.1, 0.15) is 0 Å². The molecule has 1 saturated heterocycles. The summed E-state index contributed by atoms with van der Waals surface area (Å²) in [4.78, 5) is 28.9. The Labute approximate surface area is 152 Å². The summed E-state index contributed by atoms with van der Waals surface area (Å²) in [5.41, 5.74) is 0. The molecule has 2 aliphatic rings. The zero-order chi connectivity index (χ0) is 18.2. The second kappa shape index (κ2) is 10.00. The number of carbonyl (C=O) groups is 2. The van der Waals surface area contributed by atoms with Gasteiger partial charge in [-0.15, -0.1) is 0 Å². The molecule has 2 fully saturated rings. The van der Waals surface area contributed by atoms with Crippen LogP contribution in [0.4, 0.5) is 4.79 Å². The summed E-state index contributed by atoms with van der Waals surface area (Å²) in [6.45, 7) is 11.0. The molecule has 1 heterocycles. The van der Waals surface area contributed by atoms with Gasteiger partial charge in [-0.05, 0) is 65.1 Å². The van der Waals surface area contributed by atoms with E-state index < -0.39 is 0 Å². The largest absolute Gasteiger partial charge is 0.353 e. The molecule has 1 aliphatic carbocycles. The third-order valence-corrected chi connectivity index (χ3v) is 5.38. The molecule has 6 nitrogen and oxygen atoms in total. The fraction of sp³-hybridized carbons (Fsp3) is 0.895. The Kier molecular flexibility index (Phi) is 8.00. The van der Waals surface area contributed by atoms with Gasteiger partial charge in [-0.25, -0.2) is 4.79 Å². The number of hydrogen-bond acceptors (Lipinski definition) is 3. The first-order valence-electron chi connectivity index (χ1n) is 10.1. The first-order chi connectivity index (χ1) is 12.0. The first-order valence-corrected chi connectivity index (χ1v) is 10.1. The Morgan fingerprint density at radius 2 is 1.92 bits per heavy atom. The van der Waals surface area contributed by atoms with Gasteiger partial charge in [-0.1, -0.05) is 13.8 Å². The number of nitrogens with zero attached hydrogens (tertiary/aromatic N) is 2. The number of piperidine rings is 1. The van der Waals surface area contributed by atoms with Gasteiger partial charge in [-0.3, -0.25) is 4.79 Å². The summed E-state index contributed by atoms with van der Waals surface area (Å²) in [6.07, 6.45) is 6.07. The molecule has 6 heteroatoms. The van der Waals surface area contributed by atoms with Crippen molar-refractivity contribution in [3.8, 4) is 0 Å². The number of hydrogen-bond donors (Lipinski definition) is 2. The standard InChI is InChI=1S/C19H36N4O2/c1-4-22(5-2)12-6-8-15(3)20-18(24)16-9-7-13-23(14-16)19(25)21-17-10-11-17/h15-17H,4-14H2,1-3H3,(H,20,24)(H,21,25). The Hall–Kier alpha value is -1.30. The third kappa shape index (κ3) is 6.84. The first kappa shape index (κ1) is 20.0. The molecular formula is C19H36N4O2. The van der Waals surface area contributed by atoms with Crippen LogP contribution in [0.5, 0.6) is 0 Å². The van der Waals surface area contributed by atoms with Crippen LogP contribution in [0.15, 0.2) is 0 Å². The minimum absolute atomic E-state index is 0.00673. The van der Waals surface area contributed by atoms with Gasteiger partial charge >= 0.3 is 6.03 Å². The highest BCUT2D eigenvalue weighted by molar-refractivity contribution is 5.81. The summed E-state index contributed by atoms with van der Waals surface area (Å²) in [5.74, 6) is 0.0446. The fourth-order valence-corrected chi connectivity index (χ4v) is 3.46. The minimum Gasteiger partial charge on any atom is -0.353 e. The zero-order valence-corrected chi connectivity index (χ0v) is 16.2. The van der Waals surface area contributed by atoms with Gasteiger partial charge in [0.15, 0.2) is 0 Å². The van der Waals surface area contributed by atoms with Crippen LogP contribution in [0.25, 0.3) is 0 Å². The average Bonchev–Trinajstić information content (AvgIpc) is 3.42. The van der Waals surface area contributed by atoms with Crippen LogP contribution in [-0.2, 0) is 4.79 Å². The number of amides is 3. The zero-order valence-electron chi connectivity index (χ0n) is 16.2. The SMILES string of the molecule is CCN(CC)CCCC(C)NC(=O)C1CCCN(C(=O)NC2CC2)C1. The van der Waals surface area contributed by atoms with Crippen LogP contribution < -0.4 is 10.6 Å². The van der Waals surface area contributed by atoms with Crippen molar-refractivity contribution in [2.75, 3.05) is 32.7 Å². The quantitative estimate of drug-likeness (QED) is 0.669. The van der Waals surface area contributed by atoms with E-state index in [1.807, 2.05) is 4.90 Å². The molecule has 0 spiro atoms. The third-order valence-electron chi connectivity index (χ3n) is 5.38.